The normalized spacial score (nSPS) is 16.9. The van der Waals surface area contributed by atoms with Gasteiger partial charge in [-0.05, 0) is 43.0 Å². The van der Waals surface area contributed by atoms with Crippen molar-refractivity contribution >= 4 is 33.8 Å². The van der Waals surface area contributed by atoms with Gasteiger partial charge in [0, 0.05) is 30.0 Å². The third kappa shape index (κ3) is 4.61. The summed E-state index contributed by atoms with van der Waals surface area (Å²) in [5.41, 5.74) is 2.90. The van der Waals surface area contributed by atoms with Crippen molar-refractivity contribution < 1.29 is 24.2 Å². The van der Waals surface area contributed by atoms with Crippen LogP contribution in [0.25, 0.3) is 21.9 Å². The Hall–Kier alpha value is -2.81. The molecule has 164 valence electrons. The third-order valence-corrected chi connectivity index (χ3v) is 5.54. The molecular formula is C23H27N3O5. The summed E-state index contributed by atoms with van der Waals surface area (Å²) in [6.45, 7) is 1.94. The summed E-state index contributed by atoms with van der Waals surface area (Å²) in [6, 6.07) is 9.61. The molecule has 4 rings (SSSR count). The number of ether oxygens (including phenoxy) is 2. The fourth-order valence-electron chi connectivity index (χ4n) is 4.20. The zero-order chi connectivity index (χ0) is 21.6. The maximum absolute atomic E-state index is 12.6. The Bertz CT molecular complexity index is 1080. The minimum atomic E-state index is -0.454. The summed E-state index contributed by atoms with van der Waals surface area (Å²) < 4.78 is 12.8. The van der Waals surface area contributed by atoms with Crippen LogP contribution in [0, 0.1) is 0 Å². The van der Waals surface area contributed by atoms with Gasteiger partial charge in [0.15, 0.2) is 0 Å². The van der Waals surface area contributed by atoms with E-state index in [4.69, 9.17) is 14.6 Å². The van der Waals surface area contributed by atoms with E-state index >= 15 is 0 Å². The molecule has 1 fully saturated rings. The topological polar surface area (TPSA) is 103 Å². The highest BCUT2D eigenvalue weighted by atomic mass is 16.5. The van der Waals surface area contributed by atoms with Crippen LogP contribution in [0.4, 0.5) is 0 Å². The number of carbonyl (C=O) groups excluding carboxylic acids is 2. The Morgan fingerprint density at radius 3 is 2.74 bits per heavy atom. The molecule has 3 heterocycles. The average molecular weight is 425 g/mol. The van der Waals surface area contributed by atoms with Crippen LogP contribution in [-0.4, -0.2) is 59.5 Å². The average Bonchev–Trinajstić information content (AvgIpc) is 3.11. The Labute approximate surface area is 180 Å². The summed E-state index contributed by atoms with van der Waals surface area (Å²) >= 11 is 0. The molecule has 1 aromatic carbocycles. The van der Waals surface area contributed by atoms with E-state index in [1.54, 1.807) is 6.20 Å². The van der Waals surface area contributed by atoms with Gasteiger partial charge >= 0.3 is 0 Å². The molecule has 1 saturated heterocycles. The van der Waals surface area contributed by atoms with Gasteiger partial charge in [0.05, 0.1) is 31.9 Å². The number of piperidine rings is 1. The van der Waals surface area contributed by atoms with Gasteiger partial charge in [-0.25, -0.2) is 4.98 Å². The fourth-order valence-corrected chi connectivity index (χ4v) is 4.20. The summed E-state index contributed by atoms with van der Waals surface area (Å²) in [6.07, 6.45) is 4.21. The lowest BCUT2D eigenvalue weighted by molar-refractivity contribution is -0.135. The summed E-state index contributed by atoms with van der Waals surface area (Å²) in [4.78, 5) is 28.8. The van der Waals surface area contributed by atoms with E-state index in [0.29, 0.717) is 39.3 Å². The minimum absolute atomic E-state index is 0.0191. The van der Waals surface area contributed by atoms with E-state index in [1.807, 2.05) is 28.8 Å². The number of hydrogen-bond acceptors (Lipinski definition) is 6. The number of aliphatic hydroxyl groups is 1. The van der Waals surface area contributed by atoms with Crippen LogP contribution in [0.3, 0.4) is 0 Å². The number of rotatable bonds is 10. The monoisotopic (exact) mass is 425 g/mol. The van der Waals surface area contributed by atoms with Crippen molar-refractivity contribution in [1.82, 2.24) is 14.9 Å². The van der Waals surface area contributed by atoms with E-state index in [-0.39, 0.29) is 18.4 Å². The molecule has 8 heteroatoms. The van der Waals surface area contributed by atoms with Gasteiger partial charge < -0.3 is 19.1 Å². The minimum Gasteiger partial charge on any atom is -0.394 e. The first-order chi connectivity index (χ1) is 15.2. The van der Waals surface area contributed by atoms with Crippen LogP contribution >= 0.6 is 0 Å². The maximum Gasteiger partial charge on any atom is 0.249 e. The summed E-state index contributed by atoms with van der Waals surface area (Å²) in [5.74, 6) is -0.500. The Balaban J connectivity index is 1.56. The number of pyridine rings is 1. The number of aliphatic hydroxyl groups excluding tert-OH is 1. The third-order valence-electron chi connectivity index (χ3n) is 5.54. The van der Waals surface area contributed by atoms with Crippen LogP contribution in [0.15, 0.2) is 36.5 Å². The Morgan fingerprint density at radius 1 is 1.10 bits per heavy atom. The number of benzene rings is 1. The molecule has 2 N–H and O–H groups in total. The molecule has 1 unspecified atom stereocenters. The molecule has 0 aliphatic carbocycles. The SMILES string of the molecule is O=C1CCC(n2c3cccc(CCCOCCOCCO)c3c3cccnc32)C(=O)N1. The van der Waals surface area contributed by atoms with Crippen molar-refractivity contribution in [3.8, 4) is 0 Å². The van der Waals surface area contributed by atoms with Crippen LogP contribution in [-0.2, 0) is 25.5 Å². The number of aryl methyl sites for hydroxylation is 1. The zero-order valence-electron chi connectivity index (χ0n) is 17.4. The molecule has 1 atom stereocenters. The molecule has 2 aromatic heterocycles. The number of fused-ring (bicyclic) bond motifs is 3. The van der Waals surface area contributed by atoms with Gasteiger partial charge in [0.25, 0.3) is 0 Å². The molecule has 0 radical (unpaired) electrons. The number of carbonyl (C=O) groups is 2. The first-order valence-electron chi connectivity index (χ1n) is 10.7. The maximum atomic E-state index is 12.6. The van der Waals surface area contributed by atoms with E-state index < -0.39 is 6.04 Å². The number of aromatic nitrogens is 2. The number of nitrogens with one attached hydrogen (secondary N) is 1. The molecule has 8 nitrogen and oxygen atoms in total. The molecule has 0 spiro atoms. The second-order valence-electron chi connectivity index (χ2n) is 7.57. The highest BCUT2D eigenvalue weighted by Crippen LogP contribution is 2.35. The van der Waals surface area contributed by atoms with Gasteiger partial charge in [-0.3, -0.25) is 14.9 Å². The number of nitrogens with zero attached hydrogens (tertiary/aromatic N) is 2. The quantitative estimate of drug-likeness (QED) is 0.381. The lowest BCUT2D eigenvalue weighted by Crippen LogP contribution is -2.41. The van der Waals surface area contributed by atoms with Crippen molar-refractivity contribution in [3.05, 3.63) is 42.1 Å². The van der Waals surface area contributed by atoms with Crippen molar-refractivity contribution in [2.75, 3.05) is 33.0 Å². The molecule has 3 aromatic rings. The lowest BCUT2D eigenvalue weighted by atomic mass is 10.0. The highest BCUT2D eigenvalue weighted by Gasteiger charge is 2.31. The zero-order valence-corrected chi connectivity index (χ0v) is 17.4. The van der Waals surface area contributed by atoms with E-state index in [0.717, 1.165) is 34.8 Å². The van der Waals surface area contributed by atoms with Gasteiger partial charge in [0.1, 0.15) is 11.7 Å². The first-order valence-corrected chi connectivity index (χ1v) is 10.7. The van der Waals surface area contributed by atoms with Gasteiger partial charge in [-0.1, -0.05) is 12.1 Å². The molecule has 1 aliphatic rings. The van der Waals surface area contributed by atoms with E-state index in [2.05, 4.69) is 16.4 Å². The van der Waals surface area contributed by atoms with Gasteiger partial charge in [0.2, 0.25) is 11.8 Å². The predicted octanol–water partition coefficient (Wildman–Crippen LogP) is 2.13. The molecule has 0 saturated carbocycles. The van der Waals surface area contributed by atoms with Crippen LogP contribution in [0.1, 0.15) is 30.9 Å². The van der Waals surface area contributed by atoms with Crippen molar-refractivity contribution in [2.24, 2.45) is 0 Å². The van der Waals surface area contributed by atoms with Crippen molar-refractivity contribution in [2.45, 2.75) is 31.7 Å². The second-order valence-corrected chi connectivity index (χ2v) is 7.57. The predicted molar refractivity (Wildman–Crippen MR) is 116 cm³/mol. The number of hydrogen-bond donors (Lipinski definition) is 2. The standard InChI is InChI=1S/C23H27N3O5/c27-11-13-31-15-14-30-12-3-5-16-4-1-7-18-21(16)17-6-2-10-24-22(17)26(18)19-8-9-20(28)25-23(19)29/h1-2,4,6-7,10,19,27H,3,5,8-9,11-15H2,(H,25,28,29). The van der Waals surface area contributed by atoms with Crippen LogP contribution in [0.5, 0.6) is 0 Å². The fraction of sp³-hybridized carbons (Fsp3) is 0.435. The lowest BCUT2D eigenvalue weighted by Gasteiger charge is -2.23. The van der Waals surface area contributed by atoms with Crippen LogP contribution in [0.2, 0.25) is 0 Å². The van der Waals surface area contributed by atoms with E-state index in [9.17, 15) is 9.59 Å². The first kappa shape index (κ1) is 21.4. The summed E-state index contributed by atoms with van der Waals surface area (Å²) in [5, 5.41) is 13.3. The molecular weight excluding hydrogens is 398 g/mol. The number of amides is 2. The van der Waals surface area contributed by atoms with E-state index in [1.165, 1.54) is 5.56 Å². The Kier molecular flexibility index (Phi) is 6.91. The smallest absolute Gasteiger partial charge is 0.249 e. The molecule has 31 heavy (non-hydrogen) atoms. The van der Waals surface area contributed by atoms with Gasteiger partial charge in [-0.15, -0.1) is 0 Å². The number of imide groups is 1. The van der Waals surface area contributed by atoms with Crippen molar-refractivity contribution in [1.29, 1.82) is 0 Å². The second kappa shape index (κ2) is 10.00. The largest absolute Gasteiger partial charge is 0.394 e. The Morgan fingerprint density at radius 2 is 1.94 bits per heavy atom. The molecule has 2 amide bonds. The highest BCUT2D eigenvalue weighted by molar-refractivity contribution is 6.10. The summed E-state index contributed by atoms with van der Waals surface area (Å²) in [7, 11) is 0. The van der Waals surface area contributed by atoms with Crippen LogP contribution < -0.4 is 5.32 Å². The molecule has 0 bridgehead atoms. The van der Waals surface area contributed by atoms with Gasteiger partial charge in [-0.2, -0.15) is 0 Å². The van der Waals surface area contributed by atoms with Crippen molar-refractivity contribution in [3.63, 3.8) is 0 Å². The molecule has 1 aliphatic heterocycles.